The lowest BCUT2D eigenvalue weighted by Crippen LogP contribution is -2.20. The van der Waals surface area contributed by atoms with Gasteiger partial charge in [0, 0.05) is 12.3 Å². The number of nitro groups is 1. The van der Waals surface area contributed by atoms with Crippen LogP contribution in [-0.4, -0.2) is 37.2 Å². The van der Waals surface area contributed by atoms with Crippen LogP contribution >= 0.6 is 0 Å². The number of rotatable bonds is 4. The van der Waals surface area contributed by atoms with E-state index in [0.29, 0.717) is 6.54 Å². The molecule has 2 heterocycles. The van der Waals surface area contributed by atoms with Gasteiger partial charge in [-0.25, -0.2) is 13.4 Å². The molecular weight excluding hydrogens is 258 g/mol. The molecule has 1 fully saturated rings. The lowest BCUT2D eigenvalue weighted by Gasteiger charge is -2.08. The summed E-state index contributed by atoms with van der Waals surface area (Å²) in [5.74, 6) is -0.102. The normalized spacial score (nSPS) is 19.9. The standard InChI is InChI=1S/C10H13N3O4S/c14-13(15)9-2-1-4-12-10(9)18(16,17)7-8-3-5-11-6-8/h1-2,4,8,11H,3,5-7H2/t8-/m0/s1. The number of hydrogen-bond donors (Lipinski definition) is 1. The molecule has 0 saturated carbocycles. The van der Waals surface area contributed by atoms with Gasteiger partial charge in [-0.15, -0.1) is 0 Å². The van der Waals surface area contributed by atoms with Crippen LogP contribution in [0, 0.1) is 16.0 Å². The first-order chi connectivity index (χ1) is 8.50. The van der Waals surface area contributed by atoms with Crippen LogP contribution in [0.4, 0.5) is 5.69 Å². The van der Waals surface area contributed by atoms with E-state index < -0.39 is 25.5 Å². The Hall–Kier alpha value is -1.54. The van der Waals surface area contributed by atoms with Crippen molar-refractivity contribution in [2.75, 3.05) is 18.8 Å². The molecule has 1 N–H and O–H groups in total. The number of aromatic nitrogens is 1. The summed E-state index contributed by atoms with van der Waals surface area (Å²) in [6, 6.07) is 2.51. The third-order valence-electron chi connectivity index (χ3n) is 2.86. The zero-order valence-electron chi connectivity index (χ0n) is 9.57. The number of pyridine rings is 1. The quantitative estimate of drug-likeness (QED) is 0.627. The molecule has 1 aliphatic rings. The first-order valence-corrected chi connectivity index (χ1v) is 7.19. The van der Waals surface area contributed by atoms with Crippen molar-refractivity contribution in [3.8, 4) is 0 Å². The molecule has 1 aromatic heterocycles. The SMILES string of the molecule is O=[N+]([O-])c1cccnc1S(=O)(=O)C[C@H]1CCNC1. The van der Waals surface area contributed by atoms with E-state index in [9.17, 15) is 18.5 Å². The Morgan fingerprint density at radius 3 is 2.94 bits per heavy atom. The highest BCUT2D eigenvalue weighted by Crippen LogP contribution is 2.24. The monoisotopic (exact) mass is 271 g/mol. The molecule has 1 aliphatic heterocycles. The summed E-state index contributed by atoms with van der Waals surface area (Å²) in [5.41, 5.74) is -0.455. The van der Waals surface area contributed by atoms with Crippen molar-refractivity contribution in [2.24, 2.45) is 5.92 Å². The van der Waals surface area contributed by atoms with Gasteiger partial charge in [-0.3, -0.25) is 10.1 Å². The summed E-state index contributed by atoms with van der Waals surface area (Å²) >= 11 is 0. The topological polar surface area (TPSA) is 102 Å². The summed E-state index contributed by atoms with van der Waals surface area (Å²) in [6.07, 6.45) is 2.02. The Labute approximate surface area is 104 Å². The third-order valence-corrected chi connectivity index (χ3v) is 4.67. The maximum atomic E-state index is 12.1. The number of nitrogens with zero attached hydrogens (tertiary/aromatic N) is 2. The summed E-state index contributed by atoms with van der Waals surface area (Å²) < 4.78 is 24.2. The largest absolute Gasteiger partial charge is 0.316 e. The van der Waals surface area contributed by atoms with Crippen LogP contribution in [0.3, 0.4) is 0 Å². The molecule has 0 radical (unpaired) electrons. The van der Waals surface area contributed by atoms with E-state index in [1.807, 2.05) is 0 Å². The van der Waals surface area contributed by atoms with Crippen molar-refractivity contribution in [3.05, 3.63) is 28.4 Å². The van der Waals surface area contributed by atoms with Gasteiger partial charge in [0.1, 0.15) is 0 Å². The molecule has 8 heteroatoms. The number of sulfone groups is 1. The van der Waals surface area contributed by atoms with Crippen LogP contribution in [-0.2, 0) is 9.84 Å². The van der Waals surface area contributed by atoms with Gasteiger partial charge >= 0.3 is 5.69 Å². The minimum Gasteiger partial charge on any atom is -0.316 e. The van der Waals surface area contributed by atoms with Gasteiger partial charge in [-0.05, 0) is 31.5 Å². The van der Waals surface area contributed by atoms with E-state index in [1.165, 1.54) is 12.3 Å². The van der Waals surface area contributed by atoms with Crippen molar-refractivity contribution < 1.29 is 13.3 Å². The zero-order valence-corrected chi connectivity index (χ0v) is 10.4. The molecule has 18 heavy (non-hydrogen) atoms. The predicted molar refractivity (Wildman–Crippen MR) is 63.9 cm³/mol. The molecule has 0 aliphatic carbocycles. The molecular formula is C10H13N3O4S. The van der Waals surface area contributed by atoms with Crippen molar-refractivity contribution >= 4 is 15.5 Å². The lowest BCUT2D eigenvalue weighted by molar-refractivity contribution is -0.388. The second-order valence-corrected chi connectivity index (χ2v) is 6.17. The molecule has 0 aromatic carbocycles. The average Bonchev–Trinajstić information content (AvgIpc) is 2.81. The van der Waals surface area contributed by atoms with Gasteiger partial charge < -0.3 is 5.32 Å². The summed E-state index contributed by atoms with van der Waals surface area (Å²) in [4.78, 5) is 13.7. The molecule has 7 nitrogen and oxygen atoms in total. The van der Waals surface area contributed by atoms with Crippen LogP contribution in [0.25, 0.3) is 0 Å². The molecule has 1 atom stereocenters. The first kappa shape index (κ1) is 12.9. The van der Waals surface area contributed by atoms with Crippen molar-refractivity contribution in [3.63, 3.8) is 0 Å². The highest BCUT2D eigenvalue weighted by atomic mass is 32.2. The molecule has 98 valence electrons. The Morgan fingerprint density at radius 2 is 2.33 bits per heavy atom. The average molecular weight is 271 g/mol. The Balaban J connectivity index is 2.31. The van der Waals surface area contributed by atoms with Gasteiger partial charge in [0.15, 0.2) is 0 Å². The fraction of sp³-hybridized carbons (Fsp3) is 0.500. The molecule has 1 aromatic rings. The van der Waals surface area contributed by atoms with Crippen molar-refractivity contribution in [1.29, 1.82) is 0 Å². The Morgan fingerprint density at radius 1 is 1.56 bits per heavy atom. The summed E-state index contributed by atoms with van der Waals surface area (Å²) in [6.45, 7) is 1.41. The molecule has 0 spiro atoms. The maximum absolute atomic E-state index is 12.1. The maximum Gasteiger partial charge on any atom is 0.306 e. The van der Waals surface area contributed by atoms with Crippen LogP contribution in [0.1, 0.15) is 6.42 Å². The smallest absolute Gasteiger partial charge is 0.306 e. The third kappa shape index (κ3) is 2.65. The van der Waals surface area contributed by atoms with E-state index in [1.54, 1.807) is 0 Å². The van der Waals surface area contributed by atoms with E-state index in [-0.39, 0.29) is 11.7 Å². The van der Waals surface area contributed by atoms with E-state index >= 15 is 0 Å². The Kier molecular flexibility index (Phi) is 3.58. The molecule has 0 unspecified atom stereocenters. The van der Waals surface area contributed by atoms with E-state index in [2.05, 4.69) is 10.3 Å². The first-order valence-electron chi connectivity index (χ1n) is 5.53. The van der Waals surface area contributed by atoms with Crippen LogP contribution in [0.5, 0.6) is 0 Å². The highest BCUT2D eigenvalue weighted by molar-refractivity contribution is 7.91. The molecule has 0 bridgehead atoms. The summed E-state index contributed by atoms with van der Waals surface area (Å²) in [5, 5.41) is 13.4. The van der Waals surface area contributed by atoms with E-state index in [0.717, 1.165) is 19.0 Å². The fourth-order valence-corrected chi connectivity index (χ4v) is 3.75. The Bertz CT molecular complexity index is 552. The predicted octanol–water partition coefficient (Wildman–Crippen LogP) is 0.373. The summed E-state index contributed by atoms with van der Waals surface area (Å²) in [7, 11) is -3.71. The second-order valence-electron chi connectivity index (χ2n) is 4.23. The van der Waals surface area contributed by atoms with Gasteiger partial charge in [-0.2, -0.15) is 0 Å². The minimum atomic E-state index is -3.71. The minimum absolute atomic E-state index is 0.00314. The number of hydrogen-bond acceptors (Lipinski definition) is 6. The van der Waals surface area contributed by atoms with Crippen molar-refractivity contribution in [2.45, 2.75) is 11.4 Å². The van der Waals surface area contributed by atoms with Gasteiger partial charge in [0.05, 0.1) is 10.7 Å². The van der Waals surface area contributed by atoms with Crippen molar-refractivity contribution in [1.82, 2.24) is 10.3 Å². The second kappa shape index (κ2) is 4.99. The highest BCUT2D eigenvalue weighted by Gasteiger charge is 2.30. The fourth-order valence-electron chi connectivity index (χ4n) is 2.01. The van der Waals surface area contributed by atoms with Crippen LogP contribution in [0.2, 0.25) is 0 Å². The van der Waals surface area contributed by atoms with Crippen LogP contribution in [0.15, 0.2) is 23.4 Å². The van der Waals surface area contributed by atoms with Crippen LogP contribution < -0.4 is 5.32 Å². The lowest BCUT2D eigenvalue weighted by atomic mass is 10.2. The van der Waals surface area contributed by atoms with Gasteiger partial charge in [-0.1, -0.05) is 0 Å². The van der Waals surface area contributed by atoms with E-state index in [4.69, 9.17) is 0 Å². The number of nitrogens with one attached hydrogen (secondary N) is 1. The van der Waals surface area contributed by atoms with Gasteiger partial charge in [0.25, 0.3) is 0 Å². The van der Waals surface area contributed by atoms with Gasteiger partial charge in [0.2, 0.25) is 14.9 Å². The zero-order chi connectivity index (χ0) is 13.2. The molecule has 0 amide bonds. The molecule has 1 saturated heterocycles. The molecule has 2 rings (SSSR count).